The number of anilines is 1. The van der Waals surface area contributed by atoms with Gasteiger partial charge in [0.2, 0.25) is 11.8 Å². The predicted molar refractivity (Wildman–Crippen MR) is 82.8 cm³/mol. The average Bonchev–Trinajstić information content (AvgIpc) is 2.87. The number of amides is 2. The summed E-state index contributed by atoms with van der Waals surface area (Å²) in [4.78, 5) is 22.9. The van der Waals surface area contributed by atoms with E-state index in [0.29, 0.717) is 6.54 Å². The Morgan fingerprint density at radius 2 is 1.95 bits per heavy atom. The summed E-state index contributed by atoms with van der Waals surface area (Å²) in [5.74, 6) is 0.129. The number of hydrogen-bond acceptors (Lipinski definition) is 3. The largest absolute Gasteiger partial charge is 0.356 e. The minimum atomic E-state index is -0.0789. The van der Waals surface area contributed by atoms with Crippen LogP contribution in [0.3, 0.4) is 0 Å². The average molecular weight is 289 g/mol. The maximum absolute atomic E-state index is 11.9. The van der Waals surface area contributed by atoms with Crippen molar-refractivity contribution in [2.24, 2.45) is 11.7 Å². The van der Waals surface area contributed by atoms with E-state index in [1.54, 1.807) is 0 Å². The van der Waals surface area contributed by atoms with Crippen LogP contribution >= 0.6 is 0 Å². The van der Waals surface area contributed by atoms with Crippen molar-refractivity contribution in [2.75, 3.05) is 11.9 Å². The van der Waals surface area contributed by atoms with Crippen LogP contribution < -0.4 is 16.4 Å². The molecule has 1 aromatic rings. The maximum atomic E-state index is 11.9. The maximum Gasteiger partial charge on any atom is 0.223 e. The standard InChI is InChI=1S/C16H23N3O2/c1-11(20)19-15-6-2-12(3-7-15)8-9-18-16(21)13-4-5-14(17)10-13/h2-3,6-7,13-14H,4-5,8-10,17H2,1H3,(H,18,21)(H,19,20). The van der Waals surface area contributed by atoms with Crippen molar-refractivity contribution < 1.29 is 9.59 Å². The lowest BCUT2D eigenvalue weighted by Crippen LogP contribution is -2.31. The van der Waals surface area contributed by atoms with Gasteiger partial charge >= 0.3 is 0 Å². The molecule has 1 aliphatic rings. The molecule has 0 aromatic heterocycles. The molecule has 5 heteroatoms. The molecule has 4 N–H and O–H groups in total. The number of nitrogens with one attached hydrogen (secondary N) is 2. The second-order valence-electron chi connectivity index (χ2n) is 5.69. The summed E-state index contributed by atoms with van der Waals surface area (Å²) < 4.78 is 0. The fraction of sp³-hybridized carbons (Fsp3) is 0.500. The van der Waals surface area contributed by atoms with E-state index in [0.717, 1.165) is 36.9 Å². The Morgan fingerprint density at radius 1 is 1.24 bits per heavy atom. The summed E-state index contributed by atoms with van der Waals surface area (Å²) in [5.41, 5.74) is 7.74. The van der Waals surface area contributed by atoms with Crippen LogP contribution in [0.2, 0.25) is 0 Å². The second kappa shape index (κ2) is 7.22. The van der Waals surface area contributed by atoms with Crippen LogP contribution in [0.1, 0.15) is 31.7 Å². The molecule has 1 fully saturated rings. The van der Waals surface area contributed by atoms with Crippen molar-refractivity contribution in [1.82, 2.24) is 5.32 Å². The molecule has 0 aliphatic heterocycles. The highest BCUT2D eigenvalue weighted by atomic mass is 16.2. The Bertz CT molecular complexity index is 499. The van der Waals surface area contributed by atoms with Gasteiger partial charge in [0.25, 0.3) is 0 Å². The van der Waals surface area contributed by atoms with Gasteiger partial charge in [0, 0.05) is 31.1 Å². The molecule has 0 saturated heterocycles. The lowest BCUT2D eigenvalue weighted by molar-refractivity contribution is -0.124. The monoisotopic (exact) mass is 289 g/mol. The molecule has 2 rings (SSSR count). The minimum Gasteiger partial charge on any atom is -0.356 e. The highest BCUT2D eigenvalue weighted by Crippen LogP contribution is 2.23. The van der Waals surface area contributed by atoms with Crippen LogP contribution in [0, 0.1) is 5.92 Å². The Morgan fingerprint density at radius 3 is 2.52 bits per heavy atom. The van der Waals surface area contributed by atoms with Gasteiger partial charge in [-0.15, -0.1) is 0 Å². The van der Waals surface area contributed by atoms with E-state index in [1.807, 2.05) is 24.3 Å². The highest BCUT2D eigenvalue weighted by molar-refractivity contribution is 5.88. The third-order valence-electron chi connectivity index (χ3n) is 3.83. The van der Waals surface area contributed by atoms with Gasteiger partial charge in [-0.1, -0.05) is 12.1 Å². The van der Waals surface area contributed by atoms with Crippen LogP contribution in [-0.4, -0.2) is 24.4 Å². The molecule has 2 atom stereocenters. The van der Waals surface area contributed by atoms with Crippen molar-refractivity contribution in [3.05, 3.63) is 29.8 Å². The summed E-state index contributed by atoms with van der Waals surface area (Å²) in [6.07, 6.45) is 3.43. The number of nitrogens with two attached hydrogens (primary N) is 1. The number of rotatable bonds is 5. The van der Waals surface area contributed by atoms with Crippen LogP contribution in [-0.2, 0) is 16.0 Å². The van der Waals surface area contributed by atoms with Gasteiger partial charge in [-0.3, -0.25) is 9.59 Å². The van der Waals surface area contributed by atoms with Crippen molar-refractivity contribution in [1.29, 1.82) is 0 Å². The number of carbonyl (C=O) groups is 2. The Balaban J connectivity index is 1.73. The molecular weight excluding hydrogens is 266 g/mol. The second-order valence-corrected chi connectivity index (χ2v) is 5.69. The zero-order valence-electron chi connectivity index (χ0n) is 12.4. The summed E-state index contributed by atoms with van der Waals surface area (Å²) in [6.45, 7) is 2.11. The first kappa shape index (κ1) is 15.5. The molecule has 0 heterocycles. The highest BCUT2D eigenvalue weighted by Gasteiger charge is 2.27. The molecule has 1 aromatic carbocycles. The van der Waals surface area contributed by atoms with Crippen molar-refractivity contribution >= 4 is 17.5 Å². The fourth-order valence-corrected chi connectivity index (χ4v) is 2.69. The van der Waals surface area contributed by atoms with E-state index >= 15 is 0 Å². The van der Waals surface area contributed by atoms with Crippen molar-refractivity contribution in [3.63, 3.8) is 0 Å². The smallest absolute Gasteiger partial charge is 0.223 e. The third kappa shape index (κ3) is 4.86. The molecule has 0 bridgehead atoms. The van der Waals surface area contributed by atoms with E-state index in [2.05, 4.69) is 10.6 Å². The predicted octanol–water partition coefficient (Wildman–Crippen LogP) is 1.43. The van der Waals surface area contributed by atoms with Gasteiger partial charge in [-0.05, 0) is 43.4 Å². The van der Waals surface area contributed by atoms with E-state index in [1.165, 1.54) is 6.92 Å². The van der Waals surface area contributed by atoms with Gasteiger partial charge < -0.3 is 16.4 Å². The molecule has 21 heavy (non-hydrogen) atoms. The molecule has 1 saturated carbocycles. The zero-order chi connectivity index (χ0) is 15.2. The van der Waals surface area contributed by atoms with E-state index in [9.17, 15) is 9.59 Å². The molecule has 0 spiro atoms. The summed E-state index contributed by atoms with van der Waals surface area (Å²) in [5, 5.41) is 5.70. The first-order chi connectivity index (χ1) is 10.0. The molecule has 114 valence electrons. The van der Waals surface area contributed by atoms with Gasteiger partial charge in [-0.2, -0.15) is 0 Å². The van der Waals surface area contributed by atoms with Gasteiger partial charge in [0.05, 0.1) is 0 Å². The minimum absolute atomic E-state index is 0.0789. The van der Waals surface area contributed by atoms with Crippen LogP contribution in [0.4, 0.5) is 5.69 Å². The Kier molecular flexibility index (Phi) is 5.33. The normalized spacial score (nSPS) is 21.0. The Hall–Kier alpha value is -1.88. The van der Waals surface area contributed by atoms with E-state index < -0.39 is 0 Å². The van der Waals surface area contributed by atoms with E-state index in [4.69, 9.17) is 5.73 Å². The fourth-order valence-electron chi connectivity index (χ4n) is 2.69. The lowest BCUT2D eigenvalue weighted by atomic mass is 10.1. The molecule has 2 unspecified atom stereocenters. The van der Waals surface area contributed by atoms with Gasteiger partial charge in [0.1, 0.15) is 0 Å². The van der Waals surface area contributed by atoms with Gasteiger partial charge in [-0.25, -0.2) is 0 Å². The summed E-state index contributed by atoms with van der Waals surface area (Å²) >= 11 is 0. The van der Waals surface area contributed by atoms with Gasteiger partial charge in [0.15, 0.2) is 0 Å². The molecule has 1 aliphatic carbocycles. The van der Waals surface area contributed by atoms with Crippen LogP contribution in [0.25, 0.3) is 0 Å². The third-order valence-corrected chi connectivity index (χ3v) is 3.83. The first-order valence-corrected chi connectivity index (χ1v) is 7.44. The Labute approximate surface area is 125 Å². The van der Waals surface area contributed by atoms with Crippen LogP contribution in [0.15, 0.2) is 24.3 Å². The molecular formula is C16H23N3O2. The summed E-state index contributed by atoms with van der Waals surface area (Å²) in [7, 11) is 0. The molecule has 0 radical (unpaired) electrons. The van der Waals surface area contributed by atoms with Crippen molar-refractivity contribution in [2.45, 2.75) is 38.6 Å². The first-order valence-electron chi connectivity index (χ1n) is 7.44. The van der Waals surface area contributed by atoms with Crippen molar-refractivity contribution in [3.8, 4) is 0 Å². The number of hydrogen-bond donors (Lipinski definition) is 3. The topological polar surface area (TPSA) is 84.2 Å². The zero-order valence-corrected chi connectivity index (χ0v) is 12.4. The number of carbonyl (C=O) groups excluding carboxylic acids is 2. The molecule has 2 amide bonds. The van der Waals surface area contributed by atoms with Crippen LogP contribution in [0.5, 0.6) is 0 Å². The quantitative estimate of drug-likeness (QED) is 0.766. The van der Waals surface area contributed by atoms with E-state index in [-0.39, 0.29) is 23.8 Å². The summed E-state index contributed by atoms with van der Waals surface area (Å²) in [6, 6.07) is 7.84. The molecule has 5 nitrogen and oxygen atoms in total. The lowest BCUT2D eigenvalue weighted by Gasteiger charge is -2.11. The number of benzene rings is 1. The SMILES string of the molecule is CC(=O)Nc1ccc(CCNC(=O)C2CCC(N)C2)cc1.